The Morgan fingerprint density at radius 1 is 0.816 bits per heavy atom. The molecule has 0 fully saturated rings. The zero-order chi connectivity index (χ0) is 25.3. The molecule has 0 aliphatic carbocycles. The first-order chi connectivity index (χ1) is 18.8. The van der Waals surface area contributed by atoms with Crippen LogP contribution in [0.4, 0.5) is 0 Å². The van der Waals surface area contributed by atoms with E-state index in [1.165, 1.54) is 5.56 Å². The Balaban J connectivity index is 1.20. The molecule has 1 aromatic carbocycles. The molecule has 38 heavy (non-hydrogen) atoms. The molecule has 9 heteroatoms. The number of nitrogens with one attached hydrogen (secondary N) is 3. The Bertz CT molecular complexity index is 1850. The van der Waals surface area contributed by atoms with Gasteiger partial charge in [-0.15, -0.1) is 11.3 Å². The van der Waals surface area contributed by atoms with E-state index in [-0.39, 0.29) is 0 Å². The van der Waals surface area contributed by atoms with Gasteiger partial charge in [-0.2, -0.15) is 5.10 Å². The lowest BCUT2D eigenvalue weighted by molar-refractivity contribution is 0.691. The monoisotopic (exact) mass is 514 g/mol. The van der Waals surface area contributed by atoms with Crippen molar-refractivity contribution in [3.05, 3.63) is 102 Å². The van der Waals surface area contributed by atoms with Crippen LogP contribution in [0, 0.1) is 0 Å². The number of H-pyrrole nitrogens is 2. The van der Waals surface area contributed by atoms with E-state index in [4.69, 9.17) is 4.98 Å². The summed E-state index contributed by atoms with van der Waals surface area (Å²) in [6, 6.07) is 20.5. The smallest absolute Gasteiger partial charge is 0.159 e. The van der Waals surface area contributed by atoms with E-state index in [1.54, 1.807) is 17.5 Å². The van der Waals surface area contributed by atoms with Gasteiger partial charge in [0.15, 0.2) is 5.82 Å². The minimum atomic E-state index is 0.686. The van der Waals surface area contributed by atoms with Crippen LogP contribution in [-0.2, 0) is 13.1 Å². The van der Waals surface area contributed by atoms with Gasteiger partial charge in [0.2, 0.25) is 0 Å². The van der Waals surface area contributed by atoms with Crippen molar-refractivity contribution in [2.45, 2.75) is 13.1 Å². The van der Waals surface area contributed by atoms with Crippen LogP contribution in [0.1, 0.15) is 11.1 Å². The third-order valence-corrected chi connectivity index (χ3v) is 7.30. The fourth-order valence-electron chi connectivity index (χ4n) is 4.57. The average molecular weight is 515 g/mol. The van der Waals surface area contributed by atoms with Crippen LogP contribution < -0.4 is 5.32 Å². The topological polar surface area (TPSA) is 108 Å². The van der Waals surface area contributed by atoms with E-state index in [9.17, 15) is 0 Å². The van der Waals surface area contributed by atoms with Crippen LogP contribution >= 0.6 is 11.3 Å². The van der Waals surface area contributed by atoms with Gasteiger partial charge in [-0.25, -0.2) is 4.98 Å². The van der Waals surface area contributed by atoms with E-state index < -0.39 is 0 Å². The molecule has 0 radical (unpaired) electrons. The van der Waals surface area contributed by atoms with Gasteiger partial charge in [-0.05, 0) is 40.8 Å². The van der Waals surface area contributed by atoms with Gasteiger partial charge in [-0.3, -0.25) is 20.1 Å². The van der Waals surface area contributed by atoms with Crippen molar-refractivity contribution in [1.82, 2.24) is 40.4 Å². The molecule has 0 aliphatic heterocycles. The van der Waals surface area contributed by atoms with Gasteiger partial charge in [0, 0.05) is 42.6 Å². The number of rotatable bonds is 7. The number of pyridine rings is 3. The number of aromatic amines is 2. The summed E-state index contributed by atoms with van der Waals surface area (Å²) < 4.78 is 0. The SMILES string of the molecule is c1ccc(CNCc2cncc(-c3cc4c(-c5nc6c(-c7cccs7)nccc6[nH]5)n[nH]c4cn3)c2)cc1. The molecule has 0 saturated carbocycles. The standard InChI is InChI=1S/C29H22N8S/c1-2-5-18(6-3-1)13-30-14-19-11-20(16-31-15-19)23-12-21-24(17-33-23)36-37-26(21)29-34-22-8-9-32-28(27(22)35-29)25-7-4-10-38-25/h1-12,15-17,30H,13-14H2,(H,34,35)(H,36,37). The largest absolute Gasteiger partial charge is 0.336 e. The Kier molecular flexibility index (Phi) is 5.69. The van der Waals surface area contributed by atoms with Gasteiger partial charge in [0.25, 0.3) is 0 Å². The average Bonchev–Trinajstić information content (AvgIpc) is 3.73. The number of nitrogens with zero attached hydrogens (tertiary/aromatic N) is 5. The van der Waals surface area contributed by atoms with Gasteiger partial charge < -0.3 is 10.3 Å². The van der Waals surface area contributed by atoms with E-state index in [0.29, 0.717) is 12.4 Å². The molecular weight excluding hydrogens is 492 g/mol. The predicted molar refractivity (Wildman–Crippen MR) is 150 cm³/mol. The molecular formula is C29H22N8S. The molecule has 0 atom stereocenters. The molecule has 0 bridgehead atoms. The maximum absolute atomic E-state index is 4.90. The number of imidazole rings is 1. The minimum absolute atomic E-state index is 0.686. The fraction of sp³-hybridized carbons (Fsp3) is 0.0690. The number of benzene rings is 1. The van der Waals surface area contributed by atoms with E-state index >= 15 is 0 Å². The number of hydrogen-bond donors (Lipinski definition) is 3. The highest BCUT2D eigenvalue weighted by molar-refractivity contribution is 7.13. The third kappa shape index (κ3) is 4.23. The van der Waals surface area contributed by atoms with Gasteiger partial charge in [-0.1, -0.05) is 36.4 Å². The van der Waals surface area contributed by atoms with Gasteiger partial charge >= 0.3 is 0 Å². The van der Waals surface area contributed by atoms with Crippen LogP contribution in [0.3, 0.4) is 0 Å². The second-order valence-electron chi connectivity index (χ2n) is 8.98. The van der Waals surface area contributed by atoms with Crippen LogP contribution in [0.2, 0.25) is 0 Å². The number of hydrogen-bond acceptors (Lipinski definition) is 7. The zero-order valence-electron chi connectivity index (χ0n) is 20.2. The lowest BCUT2D eigenvalue weighted by Gasteiger charge is -2.07. The summed E-state index contributed by atoms with van der Waals surface area (Å²) in [4.78, 5) is 23.1. The normalized spacial score (nSPS) is 11.5. The molecule has 0 amide bonds. The number of aromatic nitrogens is 7. The molecule has 6 heterocycles. The molecule has 6 aromatic heterocycles. The maximum Gasteiger partial charge on any atom is 0.159 e. The second-order valence-corrected chi connectivity index (χ2v) is 9.92. The van der Waals surface area contributed by atoms with E-state index in [0.717, 1.165) is 61.6 Å². The number of thiophene rings is 1. The van der Waals surface area contributed by atoms with Gasteiger partial charge in [0.05, 0.1) is 27.8 Å². The first kappa shape index (κ1) is 22.5. The Labute approximate surface area is 221 Å². The summed E-state index contributed by atoms with van der Waals surface area (Å²) >= 11 is 1.65. The fourth-order valence-corrected chi connectivity index (χ4v) is 5.29. The lowest BCUT2D eigenvalue weighted by Crippen LogP contribution is -2.12. The molecule has 0 unspecified atom stereocenters. The third-order valence-electron chi connectivity index (χ3n) is 6.42. The van der Waals surface area contributed by atoms with Crippen LogP contribution in [0.15, 0.2) is 90.8 Å². The first-order valence-corrected chi connectivity index (χ1v) is 13.1. The van der Waals surface area contributed by atoms with E-state index in [2.05, 4.69) is 71.8 Å². The van der Waals surface area contributed by atoms with Crippen molar-refractivity contribution >= 4 is 33.3 Å². The van der Waals surface area contributed by atoms with Crippen molar-refractivity contribution in [1.29, 1.82) is 0 Å². The minimum Gasteiger partial charge on any atom is -0.336 e. The van der Waals surface area contributed by atoms with Gasteiger partial charge in [0.1, 0.15) is 16.9 Å². The van der Waals surface area contributed by atoms with Crippen LogP contribution in [0.5, 0.6) is 0 Å². The van der Waals surface area contributed by atoms with Crippen molar-refractivity contribution in [2.24, 2.45) is 0 Å². The Hall–Kier alpha value is -4.73. The summed E-state index contributed by atoms with van der Waals surface area (Å²) in [6.07, 6.45) is 7.34. The van der Waals surface area contributed by atoms with Crippen molar-refractivity contribution < 1.29 is 0 Å². The molecule has 8 nitrogen and oxygen atoms in total. The molecule has 0 spiro atoms. The molecule has 3 N–H and O–H groups in total. The summed E-state index contributed by atoms with van der Waals surface area (Å²) in [6.45, 7) is 1.52. The summed E-state index contributed by atoms with van der Waals surface area (Å²) in [5, 5.41) is 14.1. The molecule has 7 aromatic rings. The molecule has 0 saturated heterocycles. The second kappa shape index (κ2) is 9.62. The summed E-state index contributed by atoms with van der Waals surface area (Å²) in [5.41, 5.74) is 8.32. The van der Waals surface area contributed by atoms with Crippen molar-refractivity contribution in [2.75, 3.05) is 0 Å². The predicted octanol–water partition coefficient (Wildman–Crippen LogP) is 5.98. The highest BCUT2D eigenvalue weighted by atomic mass is 32.1. The highest BCUT2D eigenvalue weighted by Crippen LogP contribution is 2.32. The first-order valence-electron chi connectivity index (χ1n) is 12.2. The summed E-state index contributed by atoms with van der Waals surface area (Å²) in [5.74, 6) is 0.686. The molecule has 7 rings (SSSR count). The lowest BCUT2D eigenvalue weighted by atomic mass is 10.1. The van der Waals surface area contributed by atoms with Crippen molar-refractivity contribution in [3.63, 3.8) is 0 Å². The number of fused-ring (bicyclic) bond motifs is 2. The molecule has 0 aliphatic rings. The summed E-state index contributed by atoms with van der Waals surface area (Å²) in [7, 11) is 0. The molecule has 184 valence electrons. The highest BCUT2D eigenvalue weighted by Gasteiger charge is 2.17. The van der Waals surface area contributed by atoms with Crippen molar-refractivity contribution in [3.8, 4) is 33.3 Å². The Morgan fingerprint density at radius 3 is 2.63 bits per heavy atom. The Morgan fingerprint density at radius 2 is 1.74 bits per heavy atom. The van der Waals surface area contributed by atoms with Crippen LogP contribution in [-0.4, -0.2) is 35.1 Å². The quantitative estimate of drug-likeness (QED) is 0.242. The van der Waals surface area contributed by atoms with Crippen LogP contribution in [0.25, 0.3) is 55.3 Å². The van der Waals surface area contributed by atoms with E-state index in [1.807, 2.05) is 48.2 Å². The maximum atomic E-state index is 4.90. The zero-order valence-corrected chi connectivity index (χ0v) is 21.0.